The van der Waals surface area contributed by atoms with Crippen LogP contribution in [-0.4, -0.2) is 80.1 Å². The van der Waals surface area contributed by atoms with Crippen LogP contribution in [0.5, 0.6) is 0 Å². The first-order valence-electron chi connectivity index (χ1n) is 10.4. The van der Waals surface area contributed by atoms with Crippen molar-refractivity contribution in [3.8, 4) is 0 Å². The van der Waals surface area contributed by atoms with Crippen molar-refractivity contribution < 1.29 is 14.6 Å². The average molecular weight is 410 g/mol. The SMILES string of the molecule is OCC1N=C(c2ccccc2)Nc2nc(N3CCOCC3)nc(N3CCOCC3)c21. The van der Waals surface area contributed by atoms with E-state index in [-0.39, 0.29) is 6.61 Å². The van der Waals surface area contributed by atoms with E-state index >= 15 is 0 Å². The van der Waals surface area contributed by atoms with Crippen LogP contribution in [0.1, 0.15) is 17.2 Å². The summed E-state index contributed by atoms with van der Waals surface area (Å²) in [5, 5.41) is 13.6. The fourth-order valence-corrected chi connectivity index (χ4v) is 4.01. The minimum absolute atomic E-state index is 0.109. The third-order valence-corrected chi connectivity index (χ3v) is 5.59. The van der Waals surface area contributed by atoms with E-state index < -0.39 is 6.04 Å². The Morgan fingerprint density at radius 2 is 1.60 bits per heavy atom. The van der Waals surface area contributed by atoms with Crippen LogP contribution in [0.4, 0.5) is 17.6 Å². The second-order valence-corrected chi connectivity index (χ2v) is 7.48. The number of morpholine rings is 2. The number of aromatic nitrogens is 2. The van der Waals surface area contributed by atoms with Gasteiger partial charge in [0.2, 0.25) is 5.95 Å². The van der Waals surface area contributed by atoms with Crippen LogP contribution < -0.4 is 15.1 Å². The number of ether oxygens (including phenoxy) is 2. The smallest absolute Gasteiger partial charge is 0.229 e. The molecule has 3 aliphatic heterocycles. The Bertz CT molecular complexity index is 910. The number of benzene rings is 1. The predicted molar refractivity (Wildman–Crippen MR) is 115 cm³/mol. The fourth-order valence-electron chi connectivity index (χ4n) is 4.01. The normalized spacial score (nSPS) is 21.6. The third kappa shape index (κ3) is 3.71. The maximum Gasteiger partial charge on any atom is 0.229 e. The van der Waals surface area contributed by atoms with E-state index in [4.69, 9.17) is 24.4 Å². The first-order chi connectivity index (χ1) is 14.8. The van der Waals surface area contributed by atoms with Crippen molar-refractivity contribution in [2.24, 2.45) is 4.99 Å². The molecule has 30 heavy (non-hydrogen) atoms. The van der Waals surface area contributed by atoms with Gasteiger partial charge in [-0.1, -0.05) is 30.3 Å². The highest BCUT2D eigenvalue weighted by Gasteiger charge is 2.32. The molecule has 0 bridgehead atoms. The number of nitrogens with zero attached hydrogens (tertiary/aromatic N) is 5. The number of fused-ring (bicyclic) bond motifs is 1. The molecule has 5 rings (SSSR count). The lowest BCUT2D eigenvalue weighted by molar-refractivity contribution is 0.121. The lowest BCUT2D eigenvalue weighted by Gasteiger charge is -2.35. The minimum Gasteiger partial charge on any atom is -0.394 e. The van der Waals surface area contributed by atoms with Gasteiger partial charge in [-0.05, 0) is 0 Å². The van der Waals surface area contributed by atoms with Crippen molar-refractivity contribution in [1.82, 2.24) is 9.97 Å². The highest BCUT2D eigenvalue weighted by Crippen LogP contribution is 2.38. The second-order valence-electron chi connectivity index (χ2n) is 7.48. The number of aliphatic hydroxyl groups excluding tert-OH is 1. The van der Waals surface area contributed by atoms with Crippen LogP contribution in [0.2, 0.25) is 0 Å². The van der Waals surface area contributed by atoms with E-state index in [2.05, 4.69) is 15.1 Å². The summed E-state index contributed by atoms with van der Waals surface area (Å²) >= 11 is 0. The average Bonchev–Trinajstić information content (AvgIpc) is 2.84. The molecule has 3 aliphatic rings. The van der Waals surface area contributed by atoms with Crippen molar-refractivity contribution >= 4 is 23.4 Å². The van der Waals surface area contributed by atoms with E-state index in [1.807, 2.05) is 30.3 Å². The molecule has 1 atom stereocenters. The molecule has 1 aromatic heterocycles. The molecule has 1 aromatic carbocycles. The van der Waals surface area contributed by atoms with Crippen LogP contribution in [0, 0.1) is 0 Å². The molecular formula is C21H26N6O3. The Morgan fingerprint density at radius 1 is 0.933 bits per heavy atom. The van der Waals surface area contributed by atoms with Gasteiger partial charge in [0, 0.05) is 31.7 Å². The van der Waals surface area contributed by atoms with Gasteiger partial charge < -0.3 is 29.7 Å². The van der Waals surface area contributed by atoms with Gasteiger partial charge in [0.25, 0.3) is 0 Å². The van der Waals surface area contributed by atoms with Gasteiger partial charge in [0.15, 0.2) is 0 Å². The summed E-state index contributed by atoms with van der Waals surface area (Å²) in [6.45, 7) is 5.53. The number of aliphatic imine (C=N–C) groups is 1. The predicted octanol–water partition coefficient (Wildman–Crippen LogP) is 1.06. The highest BCUT2D eigenvalue weighted by molar-refractivity contribution is 6.09. The summed E-state index contributed by atoms with van der Waals surface area (Å²) in [5.41, 5.74) is 1.80. The molecule has 2 fully saturated rings. The number of hydrogen-bond donors (Lipinski definition) is 2. The second kappa shape index (κ2) is 8.55. The van der Waals surface area contributed by atoms with Crippen LogP contribution in [0.25, 0.3) is 0 Å². The van der Waals surface area contributed by atoms with Crippen LogP contribution >= 0.6 is 0 Å². The summed E-state index contributed by atoms with van der Waals surface area (Å²) in [6, 6.07) is 9.49. The molecule has 0 radical (unpaired) electrons. The molecular weight excluding hydrogens is 384 g/mol. The molecule has 4 heterocycles. The number of aliphatic hydroxyl groups is 1. The zero-order chi connectivity index (χ0) is 20.3. The maximum absolute atomic E-state index is 10.2. The quantitative estimate of drug-likeness (QED) is 0.773. The first-order valence-corrected chi connectivity index (χ1v) is 10.4. The standard InChI is InChI=1S/C21H26N6O3/c28-14-16-17-19(23-18(22-16)15-4-2-1-3-5-15)24-21(27-8-12-30-13-9-27)25-20(17)26-6-10-29-11-7-26/h1-5,16,28H,6-14H2,(H,22,23,24,25). The molecule has 0 amide bonds. The van der Waals surface area contributed by atoms with Gasteiger partial charge >= 0.3 is 0 Å². The van der Waals surface area contributed by atoms with Crippen molar-refractivity contribution in [1.29, 1.82) is 0 Å². The van der Waals surface area contributed by atoms with Crippen LogP contribution in [0.15, 0.2) is 35.3 Å². The number of nitrogens with one attached hydrogen (secondary N) is 1. The van der Waals surface area contributed by atoms with E-state index in [1.165, 1.54) is 0 Å². The summed E-state index contributed by atoms with van der Waals surface area (Å²) in [5.74, 6) is 2.92. The monoisotopic (exact) mass is 410 g/mol. The molecule has 9 heteroatoms. The summed E-state index contributed by atoms with van der Waals surface area (Å²) in [7, 11) is 0. The Kier molecular flexibility index (Phi) is 5.48. The first kappa shape index (κ1) is 19.2. The topological polar surface area (TPSA) is 95.3 Å². The van der Waals surface area contributed by atoms with Crippen molar-refractivity contribution in [2.75, 3.05) is 74.3 Å². The Hall–Kier alpha value is -2.75. The molecule has 0 spiro atoms. The third-order valence-electron chi connectivity index (χ3n) is 5.59. The van der Waals surface area contributed by atoms with Gasteiger partial charge in [-0.2, -0.15) is 9.97 Å². The number of anilines is 3. The Balaban J connectivity index is 1.59. The van der Waals surface area contributed by atoms with Gasteiger partial charge in [0.1, 0.15) is 23.5 Å². The number of amidine groups is 1. The summed E-state index contributed by atoms with van der Waals surface area (Å²) < 4.78 is 11.0. The van der Waals surface area contributed by atoms with Crippen LogP contribution in [-0.2, 0) is 9.47 Å². The molecule has 2 aromatic rings. The van der Waals surface area contributed by atoms with Crippen molar-refractivity contribution in [2.45, 2.75) is 6.04 Å². The molecule has 158 valence electrons. The summed E-state index contributed by atoms with van der Waals surface area (Å²) in [6.07, 6.45) is 0. The molecule has 0 saturated carbocycles. The van der Waals surface area contributed by atoms with Crippen molar-refractivity contribution in [3.05, 3.63) is 41.5 Å². The molecule has 2 saturated heterocycles. The molecule has 1 unspecified atom stereocenters. The maximum atomic E-state index is 10.2. The zero-order valence-electron chi connectivity index (χ0n) is 16.8. The van der Waals surface area contributed by atoms with Gasteiger partial charge in [0.05, 0.1) is 38.6 Å². The van der Waals surface area contributed by atoms with Gasteiger partial charge in [-0.3, -0.25) is 4.99 Å². The van der Waals surface area contributed by atoms with Crippen LogP contribution in [0.3, 0.4) is 0 Å². The van der Waals surface area contributed by atoms with E-state index in [0.29, 0.717) is 44.0 Å². The zero-order valence-corrected chi connectivity index (χ0v) is 16.8. The summed E-state index contributed by atoms with van der Waals surface area (Å²) in [4.78, 5) is 19.0. The lowest BCUT2D eigenvalue weighted by Crippen LogP contribution is -2.41. The minimum atomic E-state index is -0.423. The van der Waals surface area contributed by atoms with Crippen molar-refractivity contribution in [3.63, 3.8) is 0 Å². The Morgan fingerprint density at radius 3 is 2.27 bits per heavy atom. The molecule has 0 aliphatic carbocycles. The van der Waals surface area contributed by atoms with E-state index in [9.17, 15) is 5.11 Å². The largest absolute Gasteiger partial charge is 0.394 e. The Labute approximate surface area is 175 Å². The number of rotatable bonds is 4. The highest BCUT2D eigenvalue weighted by atomic mass is 16.5. The van der Waals surface area contributed by atoms with Gasteiger partial charge in [-0.25, -0.2) is 0 Å². The number of hydrogen-bond acceptors (Lipinski definition) is 9. The fraction of sp³-hybridized carbons (Fsp3) is 0.476. The lowest BCUT2D eigenvalue weighted by atomic mass is 10.0. The molecule has 2 N–H and O–H groups in total. The van der Waals surface area contributed by atoms with E-state index in [1.54, 1.807) is 0 Å². The molecule has 9 nitrogen and oxygen atoms in total. The van der Waals surface area contributed by atoms with Gasteiger partial charge in [-0.15, -0.1) is 0 Å². The van der Waals surface area contributed by atoms with E-state index in [0.717, 1.165) is 43.1 Å².